The van der Waals surface area contributed by atoms with E-state index in [2.05, 4.69) is 20.3 Å². The Morgan fingerprint density at radius 2 is 2.05 bits per heavy atom. The van der Waals surface area contributed by atoms with E-state index in [1.54, 1.807) is 0 Å². The summed E-state index contributed by atoms with van der Waals surface area (Å²) in [7, 11) is 0. The topological polar surface area (TPSA) is 70.7 Å². The van der Waals surface area contributed by atoms with Crippen LogP contribution in [0, 0.1) is 0 Å². The molecule has 21 heavy (non-hydrogen) atoms. The minimum atomic E-state index is -0.226. The number of hydrogen-bond acceptors (Lipinski definition) is 3. The molecule has 5 nitrogen and oxygen atoms in total. The molecule has 0 saturated carbocycles. The summed E-state index contributed by atoms with van der Waals surface area (Å²) in [6.07, 6.45) is 3.27. The van der Waals surface area contributed by atoms with Crippen LogP contribution in [0.15, 0.2) is 36.8 Å². The fourth-order valence-corrected chi connectivity index (χ4v) is 2.34. The first kappa shape index (κ1) is 13.9. The van der Waals surface area contributed by atoms with Crippen LogP contribution in [0.1, 0.15) is 5.56 Å². The van der Waals surface area contributed by atoms with Crippen LogP contribution in [-0.4, -0.2) is 20.9 Å². The number of benzene rings is 1. The summed E-state index contributed by atoms with van der Waals surface area (Å²) < 4.78 is 0. The quantitative estimate of drug-likeness (QED) is 0.726. The predicted molar refractivity (Wildman–Crippen MR) is 82.7 cm³/mol. The Labute approximate surface area is 130 Å². The van der Waals surface area contributed by atoms with Crippen molar-refractivity contribution in [1.82, 2.24) is 15.0 Å². The predicted octanol–water partition coefficient (Wildman–Crippen LogP) is 3.45. The van der Waals surface area contributed by atoms with Gasteiger partial charge in [0.1, 0.15) is 11.3 Å². The highest BCUT2D eigenvalue weighted by molar-refractivity contribution is 6.42. The van der Waals surface area contributed by atoms with Gasteiger partial charge in [-0.3, -0.25) is 4.79 Å². The zero-order chi connectivity index (χ0) is 14.8. The summed E-state index contributed by atoms with van der Waals surface area (Å²) in [5.74, 6) is -0.0158. The van der Waals surface area contributed by atoms with Gasteiger partial charge in [-0.25, -0.2) is 9.97 Å². The van der Waals surface area contributed by atoms with E-state index in [-0.39, 0.29) is 28.3 Å². The van der Waals surface area contributed by atoms with Crippen molar-refractivity contribution in [3.05, 3.63) is 52.5 Å². The van der Waals surface area contributed by atoms with Crippen LogP contribution >= 0.6 is 23.2 Å². The standard InChI is InChI=1S/C14H10Cl2N4O/c15-12-13(16)18-7-19-14(12)20-11(21)5-8-6-17-10-4-2-1-3-9(8)10/h1-4,6-7,17H,5H2,(H,18,19,20,21). The number of aromatic nitrogens is 3. The van der Waals surface area contributed by atoms with Crippen LogP contribution in [0.5, 0.6) is 0 Å². The fourth-order valence-electron chi connectivity index (χ4n) is 2.06. The number of H-pyrrole nitrogens is 1. The first-order valence-electron chi connectivity index (χ1n) is 6.16. The number of anilines is 1. The lowest BCUT2D eigenvalue weighted by molar-refractivity contribution is -0.115. The van der Waals surface area contributed by atoms with Crippen LogP contribution < -0.4 is 5.32 Å². The molecule has 0 fully saturated rings. The largest absolute Gasteiger partial charge is 0.361 e. The third-order valence-corrected chi connectivity index (χ3v) is 3.77. The average molecular weight is 321 g/mol. The molecule has 0 bridgehead atoms. The molecule has 106 valence electrons. The van der Waals surface area contributed by atoms with Gasteiger partial charge in [0.25, 0.3) is 0 Å². The van der Waals surface area contributed by atoms with Gasteiger partial charge >= 0.3 is 0 Å². The Bertz CT molecular complexity index is 816. The number of nitrogens with zero attached hydrogens (tertiary/aromatic N) is 2. The molecule has 0 atom stereocenters. The molecule has 2 heterocycles. The van der Waals surface area contributed by atoms with E-state index in [0.29, 0.717) is 0 Å². The Kier molecular flexibility index (Phi) is 3.77. The fraction of sp³-hybridized carbons (Fsp3) is 0.0714. The van der Waals surface area contributed by atoms with E-state index in [9.17, 15) is 4.79 Å². The van der Waals surface area contributed by atoms with Gasteiger partial charge in [-0.2, -0.15) is 0 Å². The average Bonchev–Trinajstić information content (AvgIpc) is 2.87. The lowest BCUT2D eigenvalue weighted by Gasteiger charge is -2.06. The zero-order valence-electron chi connectivity index (χ0n) is 10.7. The summed E-state index contributed by atoms with van der Waals surface area (Å²) in [5, 5.41) is 3.88. The second-order valence-electron chi connectivity index (χ2n) is 4.41. The molecular weight excluding hydrogens is 311 g/mol. The van der Waals surface area contributed by atoms with E-state index in [0.717, 1.165) is 16.5 Å². The van der Waals surface area contributed by atoms with Gasteiger partial charge < -0.3 is 10.3 Å². The number of rotatable bonds is 3. The maximum atomic E-state index is 12.1. The van der Waals surface area contributed by atoms with E-state index in [1.165, 1.54) is 6.33 Å². The monoisotopic (exact) mass is 320 g/mol. The molecule has 1 aromatic carbocycles. The van der Waals surface area contributed by atoms with Crippen molar-refractivity contribution in [2.75, 3.05) is 5.32 Å². The normalized spacial score (nSPS) is 10.8. The summed E-state index contributed by atoms with van der Waals surface area (Å²) in [6.45, 7) is 0. The molecule has 3 aromatic rings. The molecule has 0 radical (unpaired) electrons. The first-order chi connectivity index (χ1) is 10.1. The Balaban J connectivity index is 1.79. The van der Waals surface area contributed by atoms with Crippen molar-refractivity contribution in [3.63, 3.8) is 0 Å². The van der Waals surface area contributed by atoms with Gasteiger partial charge in [-0.15, -0.1) is 0 Å². The highest BCUT2D eigenvalue weighted by Crippen LogP contribution is 2.25. The van der Waals surface area contributed by atoms with Crippen LogP contribution in [0.4, 0.5) is 5.82 Å². The summed E-state index contributed by atoms with van der Waals surface area (Å²) >= 11 is 11.7. The van der Waals surface area contributed by atoms with Gasteiger partial charge in [-0.1, -0.05) is 41.4 Å². The second kappa shape index (κ2) is 5.71. The number of carbonyl (C=O) groups excluding carboxylic acids is 1. The minimum absolute atomic E-state index is 0.106. The molecule has 0 unspecified atom stereocenters. The maximum Gasteiger partial charge on any atom is 0.230 e. The van der Waals surface area contributed by atoms with Crippen molar-refractivity contribution < 1.29 is 4.79 Å². The van der Waals surface area contributed by atoms with Crippen LogP contribution in [0.2, 0.25) is 10.2 Å². The molecule has 1 amide bonds. The zero-order valence-corrected chi connectivity index (χ0v) is 12.2. The number of halogens is 2. The van der Waals surface area contributed by atoms with E-state index < -0.39 is 0 Å². The lowest BCUT2D eigenvalue weighted by atomic mass is 10.1. The number of aromatic amines is 1. The highest BCUT2D eigenvalue weighted by Gasteiger charge is 2.13. The molecule has 2 aromatic heterocycles. The third kappa shape index (κ3) is 2.84. The van der Waals surface area contributed by atoms with Crippen LogP contribution in [0.3, 0.4) is 0 Å². The van der Waals surface area contributed by atoms with E-state index in [4.69, 9.17) is 23.2 Å². The van der Waals surface area contributed by atoms with Crippen molar-refractivity contribution >= 4 is 45.8 Å². The number of para-hydroxylation sites is 1. The van der Waals surface area contributed by atoms with E-state index >= 15 is 0 Å². The van der Waals surface area contributed by atoms with Crippen molar-refractivity contribution in [2.24, 2.45) is 0 Å². The molecule has 0 aliphatic heterocycles. The Morgan fingerprint density at radius 1 is 1.24 bits per heavy atom. The summed E-state index contributed by atoms with van der Waals surface area (Å²) in [6, 6.07) is 7.78. The maximum absolute atomic E-state index is 12.1. The molecular formula is C14H10Cl2N4O. The smallest absolute Gasteiger partial charge is 0.230 e. The summed E-state index contributed by atoms with van der Waals surface area (Å²) in [5.41, 5.74) is 1.89. The van der Waals surface area contributed by atoms with Gasteiger partial charge in [0.15, 0.2) is 11.0 Å². The third-order valence-electron chi connectivity index (χ3n) is 3.03. The molecule has 2 N–H and O–H groups in total. The van der Waals surface area contributed by atoms with E-state index in [1.807, 2.05) is 30.5 Å². The molecule has 0 spiro atoms. The number of fused-ring (bicyclic) bond motifs is 1. The Morgan fingerprint density at radius 3 is 2.90 bits per heavy atom. The highest BCUT2D eigenvalue weighted by atomic mass is 35.5. The number of carbonyl (C=O) groups is 1. The van der Waals surface area contributed by atoms with Crippen molar-refractivity contribution in [1.29, 1.82) is 0 Å². The minimum Gasteiger partial charge on any atom is -0.361 e. The number of nitrogens with one attached hydrogen (secondary N) is 2. The second-order valence-corrected chi connectivity index (χ2v) is 5.15. The van der Waals surface area contributed by atoms with Gasteiger partial charge in [-0.05, 0) is 11.6 Å². The first-order valence-corrected chi connectivity index (χ1v) is 6.91. The van der Waals surface area contributed by atoms with Crippen molar-refractivity contribution in [3.8, 4) is 0 Å². The lowest BCUT2D eigenvalue weighted by Crippen LogP contribution is -2.15. The number of amides is 1. The molecule has 3 rings (SSSR count). The van der Waals surface area contributed by atoms with Gasteiger partial charge in [0.05, 0.1) is 6.42 Å². The molecule has 0 aliphatic rings. The van der Waals surface area contributed by atoms with Crippen LogP contribution in [-0.2, 0) is 11.2 Å². The SMILES string of the molecule is O=C(Cc1c[nH]c2ccccc12)Nc1ncnc(Cl)c1Cl. The molecule has 0 saturated heterocycles. The molecule has 0 aliphatic carbocycles. The van der Waals surface area contributed by atoms with Gasteiger partial charge in [0.2, 0.25) is 5.91 Å². The van der Waals surface area contributed by atoms with Crippen molar-refractivity contribution in [2.45, 2.75) is 6.42 Å². The molecule has 7 heteroatoms. The van der Waals surface area contributed by atoms with Gasteiger partial charge in [0, 0.05) is 17.1 Å². The number of hydrogen-bond donors (Lipinski definition) is 2. The Hall–Kier alpha value is -2.11. The summed E-state index contributed by atoms with van der Waals surface area (Å²) in [4.78, 5) is 22.9. The van der Waals surface area contributed by atoms with Crippen LogP contribution in [0.25, 0.3) is 10.9 Å².